The molecule has 0 aromatic carbocycles. The fraction of sp³-hybridized carbons (Fsp3) is 0.985. The van der Waals surface area contributed by atoms with E-state index in [0.717, 1.165) is 96.4 Å². The zero-order valence-electron chi connectivity index (χ0n) is 56.9. The number of aliphatic hydroxyl groups is 1. The molecule has 0 aliphatic carbocycles. The van der Waals surface area contributed by atoms with Gasteiger partial charge in [0.15, 0.2) is 0 Å². The van der Waals surface area contributed by atoms with E-state index in [-0.39, 0.29) is 31.9 Å². The zero-order valence-corrected chi connectivity index (χ0v) is 56.9. The molecule has 1 N–H and O–H groups in total. The molecule has 0 aromatic rings. The Hall–Kier alpha value is -1.45. The number of methoxy groups -OCH3 is 1. The zero-order chi connectivity index (χ0) is 63.8. The normalized spacial score (nSPS) is 26.0. The molecule has 10 fully saturated rings. The van der Waals surface area contributed by atoms with Crippen molar-refractivity contribution in [3.63, 3.8) is 0 Å². The molecule has 20 heteroatoms. The first kappa shape index (κ1) is 81.6. The van der Waals surface area contributed by atoms with E-state index in [4.69, 9.17) is 19.8 Å². The molecule has 1 unspecified atom stereocenters. The van der Waals surface area contributed by atoms with Crippen molar-refractivity contribution in [3.05, 3.63) is 0 Å². The number of hydrogen-bond donors (Lipinski definition) is 1. The lowest BCUT2D eigenvalue weighted by Crippen LogP contribution is -2.36. The molecule has 0 amide bonds. The van der Waals surface area contributed by atoms with Gasteiger partial charge in [-0.2, -0.15) is 18.4 Å². The lowest BCUT2D eigenvalue weighted by Gasteiger charge is -2.30. The van der Waals surface area contributed by atoms with E-state index in [1.54, 1.807) is 19.1 Å². The number of halogens is 6. The van der Waals surface area contributed by atoms with Gasteiger partial charge in [0, 0.05) is 91.0 Å². The first-order valence-corrected chi connectivity index (χ1v) is 33.3. The summed E-state index contributed by atoms with van der Waals surface area (Å²) >= 11 is 0. The smallest absolute Gasteiger partial charge is 0.391 e. The molecule has 10 rings (SSSR count). The molecular formula is C65H131F6N11O3. The van der Waals surface area contributed by atoms with Crippen molar-refractivity contribution in [1.29, 1.82) is 5.26 Å². The van der Waals surface area contributed by atoms with E-state index in [9.17, 15) is 26.3 Å². The first-order valence-electron chi connectivity index (χ1n) is 33.3. The predicted molar refractivity (Wildman–Crippen MR) is 342 cm³/mol. The molecule has 10 aliphatic rings. The van der Waals surface area contributed by atoms with E-state index >= 15 is 0 Å². The maximum atomic E-state index is 12.3. The fourth-order valence-corrected chi connectivity index (χ4v) is 11.2. The van der Waals surface area contributed by atoms with Crippen LogP contribution in [0.5, 0.6) is 0 Å². The molecule has 10 heterocycles. The summed E-state index contributed by atoms with van der Waals surface area (Å²) in [7, 11) is 22.5. The molecule has 10 saturated heterocycles. The summed E-state index contributed by atoms with van der Waals surface area (Å²) in [6, 6.07) is 3.14. The third-order valence-electron chi connectivity index (χ3n) is 18.3. The third-order valence-corrected chi connectivity index (χ3v) is 18.3. The summed E-state index contributed by atoms with van der Waals surface area (Å²) in [6.07, 6.45) is 17.3. The van der Waals surface area contributed by atoms with Crippen LogP contribution in [0, 0.1) is 29.1 Å². The van der Waals surface area contributed by atoms with Crippen molar-refractivity contribution in [2.45, 2.75) is 192 Å². The SMILES string of the molecule is CC1CCCN1C.CC1CCN(C)CC1.CCOC1CCN(C)CC1.CN1CCC(C#N)CC1.CN1CCC(C(F)(F)F)CC1.CN1CCC(F)(F)C1.CN1CCC(F)CC1.CN1CCC(O)CC1.CN1CCCCC1.COC1CCN(C)CC1. The van der Waals surface area contributed by atoms with E-state index in [1.165, 1.54) is 130 Å². The minimum atomic E-state index is -3.97. The maximum Gasteiger partial charge on any atom is 0.391 e. The molecule has 10 aliphatic heterocycles. The summed E-state index contributed by atoms with van der Waals surface area (Å²) in [5.74, 6) is -2.15. The Kier molecular flexibility index (Phi) is 45.5. The summed E-state index contributed by atoms with van der Waals surface area (Å²) in [5.41, 5.74) is 0. The average molecular weight is 1230 g/mol. The van der Waals surface area contributed by atoms with Crippen molar-refractivity contribution in [2.24, 2.45) is 17.8 Å². The fourth-order valence-electron chi connectivity index (χ4n) is 11.2. The Bertz CT molecular complexity index is 1480. The largest absolute Gasteiger partial charge is 0.393 e. The van der Waals surface area contributed by atoms with Crippen LogP contribution in [0.25, 0.3) is 0 Å². The van der Waals surface area contributed by atoms with Crippen molar-refractivity contribution >= 4 is 0 Å². The quantitative estimate of drug-likeness (QED) is 0.272. The summed E-state index contributed by atoms with van der Waals surface area (Å²) < 4.78 is 83.5. The summed E-state index contributed by atoms with van der Waals surface area (Å²) in [4.78, 5) is 22.1. The molecule has 0 radical (unpaired) electrons. The number of nitrogens with zero attached hydrogens (tertiary/aromatic N) is 11. The Labute approximate surface area is 517 Å². The van der Waals surface area contributed by atoms with Crippen molar-refractivity contribution < 1.29 is 40.9 Å². The molecule has 1 atom stereocenters. The molecular weight excluding hydrogens is 1100 g/mol. The highest BCUT2D eigenvalue weighted by Gasteiger charge is 2.40. The van der Waals surface area contributed by atoms with Crippen LogP contribution in [-0.2, 0) is 9.47 Å². The molecule has 0 aromatic heterocycles. The van der Waals surface area contributed by atoms with Gasteiger partial charge in [0.2, 0.25) is 0 Å². The predicted octanol–water partition coefficient (Wildman–Crippen LogP) is 10.2. The Balaban J connectivity index is 0.000000473. The highest BCUT2D eigenvalue weighted by molar-refractivity contribution is 4.86. The highest BCUT2D eigenvalue weighted by Crippen LogP contribution is 2.33. The number of aliphatic hydroxyl groups excluding tert-OH is 1. The first-order chi connectivity index (χ1) is 40.1. The standard InChI is InChI=1S/C8H17NO.C7H12F3N.C7H12N2.C7H15NO.C7H15N.C6H12FN.C6H13NO.2C6H13N.C5H9F2N/c1-3-10-8-4-6-9(2)7-5-8;1-11-4-2-6(3-5-11)7(8,9)10;1-9-4-2-7(6-8)3-5-9;1-8-5-3-7(9-2)4-6-8;1-7-3-5-8(2)6-4-7;1-8-4-2-6(7)3-5-8;1-7-4-2-6(8)3-5-7;1-6-4-3-5-7(6)2;1-7-5-3-2-4-6-7;1-8-3-2-5(6,7)4-8/h8H,3-7H2,1-2H3;6H,2-5H2,1H3;7H,2-5H2,1H3;7H,3-6H2,1-2H3;7H,3-6H2,1-2H3;6H,2-5H2,1H3;6,8H,2-5H2,1H3;6H,3-5H2,1-2H3;2-6H2,1H3;2-4H2,1H3. The minimum absolute atomic E-state index is 0.0220. The van der Waals surface area contributed by atoms with E-state index in [0.29, 0.717) is 37.8 Å². The number of nitriles is 1. The van der Waals surface area contributed by atoms with Crippen molar-refractivity contribution in [2.75, 3.05) is 209 Å². The van der Waals surface area contributed by atoms with Gasteiger partial charge in [0.25, 0.3) is 5.92 Å². The lowest BCUT2D eigenvalue weighted by atomic mass is 9.97. The number of alkyl halides is 6. The number of hydrogen-bond acceptors (Lipinski definition) is 14. The van der Waals surface area contributed by atoms with Gasteiger partial charge >= 0.3 is 6.18 Å². The second kappa shape index (κ2) is 47.5. The van der Waals surface area contributed by atoms with Gasteiger partial charge in [-0.05, 0) is 265 Å². The molecule has 0 spiro atoms. The Morgan fingerprint density at radius 2 is 0.871 bits per heavy atom. The average Bonchev–Trinajstić information content (AvgIpc) is 4.23. The second-order valence-corrected chi connectivity index (χ2v) is 26.7. The van der Waals surface area contributed by atoms with Crippen LogP contribution in [-0.4, -0.2) is 305 Å². The van der Waals surface area contributed by atoms with Gasteiger partial charge in [0.1, 0.15) is 6.17 Å². The van der Waals surface area contributed by atoms with Crippen LogP contribution >= 0.6 is 0 Å². The number of rotatable bonds is 3. The van der Waals surface area contributed by atoms with Crippen molar-refractivity contribution in [3.8, 4) is 6.07 Å². The number of likely N-dealkylation sites (tertiary alicyclic amines) is 10. The van der Waals surface area contributed by atoms with Gasteiger partial charge < -0.3 is 63.6 Å². The van der Waals surface area contributed by atoms with Gasteiger partial charge in [-0.1, -0.05) is 13.3 Å². The molecule has 0 saturated carbocycles. The summed E-state index contributed by atoms with van der Waals surface area (Å²) in [6.45, 7) is 26.7. The van der Waals surface area contributed by atoms with Gasteiger partial charge in [-0.3, -0.25) is 0 Å². The van der Waals surface area contributed by atoms with Crippen LogP contribution in [0.3, 0.4) is 0 Å². The van der Waals surface area contributed by atoms with Gasteiger partial charge in [-0.15, -0.1) is 0 Å². The van der Waals surface area contributed by atoms with Gasteiger partial charge in [0.05, 0.1) is 36.8 Å². The molecule has 14 nitrogen and oxygen atoms in total. The number of piperidine rings is 8. The number of ether oxygens (including phenoxy) is 2. The highest BCUT2D eigenvalue weighted by atomic mass is 19.4. The second-order valence-electron chi connectivity index (χ2n) is 26.7. The van der Waals surface area contributed by atoms with Gasteiger partial charge in [-0.25, -0.2) is 13.2 Å². The Morgan fingerprint density at radius 3 is 1.14 bits per heavy atom. The van der Waals surface area contributed by atoms with Crippen LogP contribution < -0.4 is 0 Å². The monoisotopic (exact) mass is 1230 g/mol. The topological polar surface area (TPSA) is 94.9 Å². The van der Waals surface area contributed by atoms with Crippen LogP contribution in [0.15, 0.2) is 0 Å². The third kappa shape index (κ3) is 43.8. The molecule has 85 heavy (non-hydrogen) atoms. The minimum Gasteiger partial charge on any atom is -0.393 e. The van der Waals surface area contributed by atoms with E-state index in [2.05, 4.69) is 115 Å². The molecule has 0 bridgehead atoms. The lowest BCUT2D eigenvalue weighted by molar-refractivity contribution is -0.184. The Morgan fingerprint density at radius 1 is 0.482 bits per heavy atom. The van der Waals surface area contributed by atoms with E-state index in [1.807, 2.05) is 19.0 Å². The van der Waals surface area contributed by atoms with Crippen LogP contribution in [0.1, 0.15) is 149 Å². The van der Waals surface area contributed by atoms with Crippen molar-refractivity contribution in [1.82, 2.24) is 49.0 Å². The molecule has 506 valence electrons. The van der Waals surface area contributed by atoms with E-state index < -0.39 is 24.2 Å². The van der Waals surface area contributed by atoms with Crippen LogP contribution in [0.2, 0.25) is 0 Å². The van der Waals surface area contributed by atoms with Crippen LogP contribution in [0.4, 0.5) is 26.3 Å². The maximum absolute atomic E-state index is 12.3. The summed E-state index contributed by atoms with van der Waals surface area (Å²) in [5, 5.41) is 17.5.